The highest BCUT2D eigenvalue weighted by Crippen LogP contribution is 2.37. The Kier molecular flexibility index (Phi) is 19.5. The van der Waals surface area contributed by atoms with Gasteiger partial charge in [0.2, 0.25) is 0 Å². The van der Waals surface area contributed by atoms with Crippen molar-refractivity contribution in [3.8, 4) is 0 Å². The average molecular weight is 1230 g/mol. The highest BCUT2D eigenvalue weighted by Gasteiger charge is 2.25. The Hall–Kier alpha value is -10.5. The molecule has 0 bridgehead atoms. The van der Waals surface area contributed by atoms with Crippen LogP contribution in [0.1, 0.15) is 79.1 Å². The minimum atomic E-state index is 0.585. The summed E-state index contributed by atoms with van der Waals surface area (Å²) >= 11 is 0. The van der Waals surface area contributed by atoms with Gasteiger partial charge in [-0.25, -0.2) is 29.9 Å². The fourth-order valence-electron chi connectivity index (χ4n) is 11.9. The Morgan fingerprint density at radius 1 is 0.387 bits per heavy atom. The molecule has 3 aliphatic heterocycles. The second-order valence-corrected chi connectivity index (χ2v) is 23.1. The summed E-state index contributed by atoms with van der Waals surface area (Å²) in [5.74, 6) is 1.82. The van der Waals surface area contributed by atoms with E-state index in [0.29, 0.717) is 35.4 Å². The van der Waals surface area contributed by atoms with Crippen molar-refractivity contribution in [2.75, 3.05) is 105 Å². The van der Waals surface area contributed by atoms with Crippen molar-refractivity contribution < 1.29 is 14.2 Å². The highest BCUT2D eigenvalue weighted by molar-refractivity contribution is 5.87. The van der Waals surface area contributed by atoms with Crippen molar-refractivity contribution in [1.29, 1.82) is 0 Å². The second kappa shape index (κ2) is 29.6. The Morgan fingerprint density at radius 3 is 1.12 bits per heavy atom. The molecular formula is C75H75N15O3. The number of allylic oxidation sites excluding steroid dienone is 3. The SMILES string of the molecule is C=C(NCCc1ccccc1)c1ncc(C2=CCc3ncc(N4CCOCC4)cc32)cn1.C=C(NCc1ccccc1)c1ncc(C2=CCc3ncc(N4CCOCC4)cc32)cn1.C=C(Nc1ccccc1)c1ncc(C2=CCc3ncc(N4CCOCC4)cc32)cn1. The summed E-state index contributed by atoms with van der Waals surface area (Å²) in [6.07, 6.45) is 27.2. The lowest BCUT2D eigenvalue weighted by Gasteiger charge is -2.29. The van der Waals surface area contributed by atoms with Crippen molar-refractivity contribution in [3.05, 3.63) is 282 Å². The highest BCUT2D eigenvalue weighted by atomic mass is 16.5. The van der Waals surface area contributed by atoms with Gasteiger partial charge >= 0.3 is 0 Å². The van der Waals surface area contributed by atoms with Crippen molar-refractivity contribution >= 4 is 56.6 Å². The van der Waals surface area contributed by atoms with Gasteiger partial charge in [-0.3, -0.25) is 15.0 Å². The maximum atomic E-state index is 5.48. The Bertz CT molecular complexity index is 4170. The van der Waals surface area contributed by atoms with Crippen molar-refractivity contribution in [2.45, 2.75) is 32.2 Å². The molecule has 0 atom stereocenters. The summed E-state index contributed by atoms with van der Waals surface area (Å²) in [5, 5.41) is 9.89. The van der Waals surface area contributed by atoms with Crippen LogP contribution in [0.15, 0.2) is 203 Å². The van der Waals surface area contributed by atoms with Gasteiger partial charge in [0.25, 0.3) is 0 Å². The maximum absolute atomic E-state index is 5.48. The fraction of sp³-hybridized carbons (Fsp3) is 0.240. The number of pyridine rings is 3. The molecule has 18 nitrogen and oxygen atoms in total. The molecule has 468 valence electrons. The summed E-state index contributed by atoms with van der Waals surface area (Å²) in [5.41, 5.74) is 22.2. The fourth-order valence-corrected chi connectivity index (χ4v) is 11.9. The quantitative estimate of drug-likeness (QED) is 0.0735. The zero-order valence-electron chi connectivity index (χ0n) is 52.3. The van der Waals surface area contributed by atoms with Crippen LogP contribution in [-0.4, -0.2) is 130 Å². The van der Waals surface area contributed by atoms with Crippen LogP contribution in [-0.2, 0) is 46.4 Å². The number of nitrogens with zero attached hydrogens (tertiary/aromatic N) is 12. The molecule has 9 aromatic rings. The minimum Gasteiger partial charge on any atom is -0.382 e. The molecule has 0 saturated carbocycles. The summed E-state index contributed by atoms with van der Waals surface area (Å²) in [6, 6.07) is 37.2. The molecule has 3 aromatic carbocycles. The Morgan fingerprint density at radius 2 is 0.731 bits per heavy atom. The van der Waals surface area contributed by atoms with Gasteiger partial charge < -0.3 is 44.9 Å². The molecule has 0 spiro atoms. The van der Waals surface area contributed by atoms with Crippen molar-refractivity contribution in [3.63, 3.8) is 0 Å². The molecule has 15 rings (SSSR count). The number of para-hydroxylation sites is 1. The second-order valence-electron chi connectivity index (χ2n) is 23.1. The van der Waals surface area contributed by atoms with Gasteiger partial charge in [-0.05, 0) is 64.6 Å². The van der Waals surface area contributed by atoms with E-state index in [1.165, 1.54) is 22.3 Å². The van der Waals surface area contributed by atoms with E-state index in [0.717, 1.165) is 196 Å². The third kappa shape index (κ3) is 15.1. The van der Waals surface area contributed by atoms with Crippen LogP contribution in [0.3, 0.4) is 0 Å². The van der Waals surface area contributed by atoms with E-state index in [1.807, 2.05) is 110 Å². The Labute approximate surface area is 543 Å². The zero-order valence-corrected chi connectivity index (χ0v) is 52.3. The molecule has 6 aromatic heterocycles. The van der Waals surface area contributed by atoms with E-state index in [4.69, 9.17) is 29.2 Å². The van der Waals surface area contributed by atoms with E-state index in [-0.39, 0.29) is 0 Å². The number of benzene rings is 3. The molecule has 0 unspecified atom stereocenters. The minimum absolute atomic E-state index is 0.585. The summed E-state index contributed by atoms with van der Waals surface area (Å²) in [6.45, 7) is 23.7. The van der Waals surface area contributed by atoms with E-state index in [2.05, 4.69) is 153 Å². The Balaban J connectivity index is 0.000000127. The molecular weight excluding hydrogens is 1160 g/mol. The van der Waals surface area contributed by atoms with Gasteiger partial charge in [-0.2, -0.15) is 0 Å². The van der Waals surface area contributed by atoms with Gasteiger partial charge in [0, 0.05) is 148 Å². The summed E-state index contributed by atoms with van der Waals surface area (Å²) in [4.78, 5) is 48.5. The standard InChI is InChI=1S/C26H27N5O.C25H25N5O.C24H23N5O/c1-19(27-10-9-20-5-3-2-4-6-20)26-29-16-21(17-30-26)23-7-8-25-24(23)15-22(18-28-25)31-11-13-32-14-12-31;1-18(26-14-19-5-3-2-4-6-19)25-28-15-20(16-29-25)22-7-8-24-23(22)13-21(17-27-24)30-9-11-31-12-10-30;1-17(28-19-5-3-2-4-6-19)24-26-14-18(15-27-24)21-7-8-23-22(21)13-20(16-25-23)29-9-11-30-12-10-29/h2-7,15-18,27H,1,8-14H2;2-7,13,15-17,26H,1,8-12,14H2;2-7,13-16,28H,1,8-12H2. The average Bonchev–Trinajstić information content (AvgIpc) is 1.74. The molecule has 0 amide bonds. The number of hydrogen-bond acceptors (Lipinski definition) is 18. The van der Waals surface area contributed by atoms with Crippen LogP contribution in [0.25, 0.3) is 33.8 Å². The molecule has 18 heteroatoms. The predicted molar refractivity (Wildman–Crippen MR) is 369 cm³/mol. The predicted octanol–water partition coefficient (Wildman–Crippen LogP) is 10.7. The van der Waals surface area contributed by atoms with Crippen LogP contribution in [0, 0.1) is 0 Å². The topological polar surface area (TPSA) is 190 Å². The van der Waals surface area contributed by atoms with Crippen LogP contribution in [0.4, 0.5) is 22.7 Å². The smallest absolute Gasteiger partial charge is 0.175 e. The van der Waals surface area contributed by atoms with Gasteiger partial charge in [0.1, 0.15) is 0 Å². The lowest BCUT2D eigenvalue weighted by Crippen LogP contribution is -2.36. The molecule has 3 fully saturated rings. The number of morpholine rings is 3. The molecule has 93 heavy (non-hydrogen) atoms. The number of hydrogen-bond donors (Lipinski definition) is 3. The van der Waals surface area contributed by atoms with Gasteiger partial charge in [0.15, 0.2) is 17.5 Å². The number of anilines is 4. The third-order valence-electron chi connectivity index (χ3n) is 17.1. The van der Waals surface area contributed by atoms with Gasteiger partial charge in [0.05, 0.1) is 109 Å². The summed E-state index contributed by atoms with van der Waals surface area (Å²) < 4.78 is 16.4. The first-order valence-electron chi connectivity index (χ1n) is 31.8. The van der Waals surface area contributed by atoms with Gasteiger partial charge in [-0.1, -0.05) is 117 Å². The number of rotatable bonds is 18. The van der Waals surface area contributed by atoms with E-state index >= 15 is 0 Å². The number of nitrogens with one attached hydrogen (secondary N) is 3. The molecule has 3 saturated heterocycles. The third-order valence-corrected chi connectivity index (χ3v) is 17.1. The maximum Gasteiger partial charge on any atom is 0.175 e. The van der Waals surface area contributed by atoms with Crippen LogP contribution >= 0.6 is 0 Å². The molecule has 0 radical (unpaired) electrons. The number of ether oxygens (including phenoxy) is 3. The molecule has 3 N–H and O–H groups in total. The molecule has 3 aliphatic carbocycles. The molecule has 9 heterocycles. The van der Waals surface area contributed by atoms with Crippen LogP contribution in [0.5, 0.6) is 0 Å². The summed E-state index contributed by atoms with van der Waals surface area (Å²) in [7, 11) is 0. The van der Waals surface area contributed by atoms with Crippen molar-refractivity contribution in [2.24, 2.45) is 0 Å². The largest absolute Gasteiger partial charge is 0.382 e. The first-order chi connectivity index (χ1) is 45.8. The number of fused-ring (bicyclic) bond motifs is 3. The molecule has 6 aliphatic rings. The van der Waals surface area contributed by atoms with E-state index < -0.39 is 0 Å². The van der Waals surface area contributed by atoms with Crippen LogP contribution < -0.4 is 30.7 Å². The first-order valence-corrected chi connectivity index (χ1v) is 31.8. The van der Waals surface area contributed by atoms with Crippen molar-refractivity contribution in [1.82, 2.24) is 55.5 Å². The normalized spacial score (nSPS) is 15.4. The van der Waals surface area contributed by atoms with Crippen LogP contribution in [0.2, 0.25) is 0 Å². The van der Waals surface area contributed by atoms with Gasteiger partial charge in [-0.15, -0.1) is 0 Å². The van der Waals surface area contributed by atoms with E-state index in [9.17, 15) is 0 Å². The lowest BCUT2D eigenvalue weighted by molar-refractivity contribution is 0.122. The lowest BCUT2D eigenvalue weighted by atomic mass is 10.0. The first kappa shape index (κ1) is 61.3. The van der Waals surface area contributed by atoms with E-state index in [1.54, 1.807) is 0 Å². The monoisotopic (exact) mass is 1230 g/mol. The zero-order chi connectivity index (χ0) is 63.1. The number of aromatic nitrogens is 9.